The number of anilines is 1. The van der Waals surface area contributed by atoms with Gasteiger partial charge >= 0.3 is 7.40 Å². The Hall–Kier alpha value is -3.21. The molecule has 0 saturated carbocycles. The minimum absolute atomic E-state index is 0.397. The number of para-hydroxylation sites is 2. The lowest BCUT2D eigenvalue weighted by Crippen LogP contribution is -2.31. The molecule has 3 aromatic rings. The second-order valence-corrected chi connectivity index (χ2v) is 5.97. The van der Waals surface area contributed by atoms with Crippen molar-refractivity contribution in [3.63, 3.8) is 0 Å². The number of halogens is 2. The molecule has 0 radical (unpaired) electrons. The Bertz CT molecular complexity index is 911. The number of aliphatic imine (C=N–C) groups is 1. The molecule has 3 aromatic carbocycles. The van der Waals surface area contributed by atoms with Crippen LogP contribution in [0.5, 0.6) is 0 Å². The van der Waals surface area contributed by atoms with Crippen LogP contribution in [-0.2, 0) is 0 Å². The SMILES string of the molecule is CC(/C=C(\c1ccccc1)N(B(F)F)c1ccccc1)=Nc1ccccc1. The van der Waals surface area contributed by atoms with Crippen molar-refractivity contribution in [1.29, 1.82) is 0 Å². The topological polar surface area (TPSA) is 15.6 Å². The van der Waals surface area contributed by atoms with E-state index in [-0.39, 0.29) is 0 Å². The van der Waals surface area contributed by atoms with E-state index >= 15 is 0 Å². The maximum absolute atomic E-state index is 14.0. The molecule has 0 aliphatic rings. The number of hydrogen-bond donors (Lipinski definition) is 0. The molecule has 0 N–H and O–H groups in total. The van der Waals surface area contributed by atoms with Gasteiger partial charge in [0.15, 0.2) is 0 Å². The summed E-state index contributed by atoms with van der Waals surface area (Å²) in [6, 6.07) is 27.3. The molecule has 3 rings (SSSR count). The van der Waals surface area contributed by atoms with E-state index in [9.17, 15) is 8.63 Å². The van der Waals surface area contributed by atoms with E-state index in [1.807, 2.05) is 67.6 Å². The molecule has 0 bridgehead atoms. The number of benzene rings is 3. The molecular formula is C22H19BF2N2. The van der Waals surface area contributed by atoms with Crippen molar-refractivity contribution < 1.29 is 8.63 Å². The van der Waals surface area contributed by atoms with Gasteiger partial charge in [-0.05, 0) is 42.8 Å². The van der Waals surface area contributed by atoms with Crippen molar-refractivity contribution in [2.75, 3.05) is 4.81 Å². The quantitative estimate of drug-likeness (QED) is 0.375. The molecule has 0 amide bonds. The third-order valence-electron chi connectivity index (χ3n) is 3.97. The van der Waals surface area contributed by atoms with Gasteiger partial charge in [0, 0.05) is 17.1 Å². The molecular weight excluding hydrogens is 341 g/mol. The van der Waals surface area contributed by atoms with Crippen LogP contribution in [0.25, 0.3) is 5.70 Å². The molecule has 0 heterocycles. The fraction of sp³-hybridized carbons (Fsp3) is 0.0455. The van der Waals surface area contributed by atoms with Crippen LogP contribution in [0.15, 0.2) is 102 Å². The molecule has 0 unspecified atom stereocenters. The minimum atomic E-state index is -2.69. The van der Waals surface area contributed by atoms with Crippen LogP contribution in [0.4, 0.5) is 20.0 Å². The van der Waals surface area contributed by atoms with Crippen molar-refractivity contribution in [3.8, 4) is 0 Å². The van der Waals surface area contributed by atoms with Crippen LogP contribution >= 0.6 is 0 Å². The molecule has 5 heteroatoms. The van der Waals surface area contributed by atoms with Gasteiger partial charge in [0.25, 0.3) is 0 Å². The maximum atomic E-state index is 14.0. The molecule has 0 aromatic heterocycles. The lowest BCUT2D eigenvalue weighted by molar-refractivity contribution is 0.657. The van der Waals surface area contributed by atoms with E-state index in [1.165, 1.54) is 0 Å². The summed E-state index contributed by atoms with van der Waals surface area (Å²) < 4.78 is 28.1. The van der Waals surface area contributed by atoms with Crippen molar-refractivity contribution >= 4 is 30.2 Å². The van der Waals surface area contributed by atoms with Crippen LogP contribution in [0.1, 0.15) is 12.5 Å². The summed E-state index contributed by atoms with van der Waals surface area (Å²) in [6.45, 7) is 1.81. The Labute approximate surface area is 158 Å². The Morgan fingerprint density at radius 3 is 1.89 bits per heavy atom. The van der Waals surface area contributed by atoms with Crippen molar-refractivity contribution in [2.24, 2.45) is 4.99 Å². The Kier molecular flexibility index (Phi) is 6.16. The lowest BCUT2D eigenvalue weighted by Gasteiger charge is -2.25. The fourth-order valence-corrected chi connectivity index (χ4v) is 2.78. The average Bonchev–Trinajstić information content (AvgIpc) is 2.69. The van der Waals surface area contributed by atoms with Gasteiger partial charge in [-0.2, -0.15) is 0 Å². The van der Waals surface area contributed by atoms with Crippen LogP contribution in [0, 0.1) is 0 Å². The van der Waals surface area contributed by atoms with E-state index < -0.39 is 7.40 Å². The maximum Gasteiger partial charge on any atom is 0.678 e. The van der Waals surface area contributed by atoms with Gasteiger partial charge in [0.1, 0.15) is 0 Å². The molecule has 0 atom stereocenters. The summed E-state index contributed by atoms with van der Waals surface area (Å²) in [7, 11) is -2.69. The predicted octanol–water partition coefficient (Wildman–Crippen LogP) is 6.25. The summed E-state index contributed by atoms with van der Waals surface area (Å²) in [5, 5.41) is 0. The van der Waals surface area contributed by atoms with Gasteiger partial charge < -0.3 is 4.81 Å². The number of nitrogens with zero attached hydrogens (tertiary/aromatic N) is 2. The predicted molar refractivity (Wildman–Crippen MR) is 111 cm³/mol. The van der Waals surface area contributed by atoms with Gasteiger partial charge in [-0.25, -0.2) is 0 Å². The highest BCUT2D eigenvalue weighted by Crippen LogP contribution is 2.28. The van der Waals surface area contributed by atoms with Gasteiger partial charge in [-0.1, -0.05) is 66.7 Å². The van der Waals surface area contributed by atoms with Crippen LogP contribution < -0.4 is 4.81 Å². The summed E-state index contributed by atoms with van der Waals surface area (Å²) >= 11 is 0. The normalized spacial score (nSPS) is 12.0. The van der Waals surface area contributed by atoms with Crippen LogP contribution in [0.3, 0.4) is 0 Å². The highest BCUT2D eigenvalue weighted by molar-refractivity contribution is 6.52. The van der Waals surface area contributed by atoms with Crippen molar-refractivity contribution in [1.82, 2.24) is 0 Å². The first-order valence-corrected chi connectivity index (χ1v) is 8.65. The largest absolute Gasteiger partial charge is 0.678 e. The number of rotatable bonds is 6. The van der Waals surface area contributed by atoms with E-state index in [1.54, 1.807) is 36.4 Å². The third kappa shape index (κ3) is 4.91. The smallest absolute Gasteiger partial charge is 0.325 e. The van der Waals surface area contributed by atoms with Crippen molar-refractivity contribution in [2.45, 2.75) is 6.92 Å². The lowest BCUT2D eigenvalue weighted by atomic mass is 10.0. The molecule has 0 saturated heterocycles. The van der Waals surface area contributed by atoms with E-state index in [0.29, 0.717) is 22.7 Å². The molecule has 27 heavy (non-hydrogen) atoms. The molecule has 2 nitrogen and oxygen atoms in total. The summed E-state index contributed by atoms with van der Waals surface area (Å²) in [6.07, 6.45) is 1.70. The average molecular weight is 360 g/mol. The first-order chi connectivity index (χ1) is 13.1. The minimum Gasteiger partial charge on any atom is -0.325 e. The van der Waals surface area contributed by atoms with Gasteiger partial charge in [-0.15, -0.1) is 0 Å². The molecule has 0 aliphatic heterocycles. The van der Waals surface area contributed by atoms with Crippen LogP contribution in [0.2, 0.25) is 0 Å². The molecule has 134 valence electrons. The summed E-state index contributed by atoms with van der Waals surface area (Å²) in [4.78, 5) is 5.56. The van der Waals surface area contributed by atoms with E-state index in [4.69, 9.17) is 0 Å². The Balaban J connectivity index is 2.09. The highest BCUT2D eigenvalue weighted by atomic mass is 19.2. The first-order valence-electron chi connectivity index (χ1n) is 8.65. The Morgan fingerprint density at radius 2 is 1.33 bits per heavy atom. The first kappa shape index (κ1) is 18.6. The summed E-state index contributed by atoms with van der Waals surface area (Å²) in [5.74, 6) is 0. The third-order valence-corrected chi connectivity index (χ3v) is 3.97. The zero-order chi connectivity index (χ0) is 19.1. The summed E-state index contributed by atoms with van der Waals surface area (Å²) in [5.41, 5.74) is 2.94. The van der Waals surface area contributed by atoms with Gasteiger partial charge in [0.05, 0.1) is 5.69 Å². The van der Waals surface area contributed by atoms with E-state index in [0.717, 1.165) is 10.5 Å². The van der Waals surface area contributed by atoms with Crippen LogP contribution in [-0.4, -0.2) is 13.1 Å². The van der Waals surface area contributed by atoms with Gasteiger partial charge in [0.2, 0.25) is 0 Å². The monoisotopic (exact) mass is 360 g/mol. The second-order valence-electron chi connectivity index (χ2n) is 5.97. The zero-order valence-corrected chi connectivity index (χ0v) is 15.0. The number of allylic oxidation sites excluding steroid dienone is 1. The molecule has 0 fully saturated rings. The molecule has 0 aliphatic carbocycles. The van der Waals surface area contributed by atoms with Crippen molar-refractivity contribution in [3.05, 3.63) is 103 Å². The zero-order valence-electron chi connectivity index (χ0n) is 15.0. The fourth-order valence-electron chi connectivity index (χ4n) is 2.78. The second kappa shape index (κ2) is 8.94. The standard InChI is InChI=1S/C22H19BF2N2/c1-18(26-20-13-7-3-8-14-20)17-22(19-11-5-2-6-12-19)27(23(24)25)21-15-9-4-10-16-21/h2-17H,1H3/b22-17+,26-18?. The Morgan fingerprint density at radius 1 is 0.815 bits per heavy atom. The number of hydrogen-bond acceptors (Lipinski definition) is 2. The van der Waals surface area contributed by atoms with Gasteiger partial charge in [-0.3, -0.25) is 13.6 Å². The van der Waals surface area contributed by atoms with E-state index in [2.05, 4.69) is 4.99 Å². The highest BCUT2D eigenvalue weighted by Gasteiger charge is 2.29. The molecule has 0 spiro atoms.